The first-order valence-electron chi connectivity index (χ1n) is 13.5. The molecule has 0 saturated carbocycles. The number of hydrogen-bond acceptors (Lipinski definition) is 8. The van der Waals surface area contributed by atoms with Gasteiger partial charge in [-0.25, -0.2) is 14.4 Å². The molecule has 0 radical (unpaired) electrons. The molecule has 1 saturated heterocycles. The highest BCUT2D eigenvalue weighted by Crippen LogP contribution is 2.31. The van der Waals surface area contributed by atoms with Crippen LogP contribution in [-0.4, -0.2) is 70.2 Å². The second-order valence-electron chi connectivity index (χ2n) is 9.96. The van der Waals surface area contributed by atoms with Crippen LogP contribution in [-0.2, 0) is 4.79 Å². The van der Waals surface area contributed by atoms with Crippen molar-refractivity contribution in [3.63, 3.8) is 0 Å². The number of anilines is 2. The summed E-state index contributed by atoms with van der Waals surface area (Å²) in [5.41, 5.74) is 2.64. The van der Waals surface area contributed by atoms with Crippen molar-refractivity contribution in [1.29, 1.82) is 0 Å². The maximum Gasteiger partial charge on any atom is 0.251 e. The first-order valence-corrected chi connectivity index (χ1v) is 13.5. The largest absolute Gasteiger partial charge is 0.494 e. The third kappa shape index (κ3) is 6.02. The van der Waals surface area contributed by atoms with Gasteiger partial charge in [0.1, 0.15) is 0 Å². The number of nitrogens with one attached hydrogen (secondary N) is 4. The average Bonchev–Trinajstić information content (AvgIpc) is 3.61. The number of benzene rings is 2. The maximum atomic E-state index is 14.8. The summed E-state index contributed by atoms with van der Waals surface area (Å²) < 4.78 is 35.6. The van der Waals surface area contributed by atoms with Crippen LogP contribution in [0, 0.1) is 18.6 Å². The molecule has 1 aliphatic heterocycles. The van der Waals surface area contributed by atoms with Crippen LogP contribution < -0.4 is 26.0 Å². The molecule has 42 heavy (non-hydrogen) atoms. The molecule has 0 aliphatic carbocycles. The van der Waals surface area contributed by atoms with Crippen molar-refractivity contribution in [1.82, 2.24) is 30.3 Å². The maximum absolute atomic E-state index is 14.8. The molecule has 2 amide bonds. The Labute approximate surface area is 240 Å². The van der Waals surface area contributed by atoms with E-state index in [0.29, 0.717) is 60.9 Å². The predicted molar refractivity (Wildman–Crippen MR) is 152 cm³/mol. The third-order valence-corrected chi connectivity index (χ3v) is 7.07. The monoisotopic (exact) mass is 579 g/mol. The van der Waals surface area contributed by atoms with Crippen molar-refractivity contribution in [2.45, 2.75) is 31.9 Å². The van der Waals surface area contributed by atoms with Crippen LogP contribution in [0.1, 0.15) is 28.8 Å². The van der Waals surface area contributed by atoms with Crippen LogP contribution in [0.4, 0.5) is 20.3 Å². The molecule has 4 aromatic rings. The minimum absolute atomic E-state index is 0.0252. The molecule has 2 aromatic heterocycles. The molecule has 2 atom stereocenters. The van der Waals surface area contributed by atoms with E-state index in [-0.39, 0.29) is 29.2 Å². The summed E-state index contributed by atoms with van der Waals surface area (Å²) >= 11 is 0. The van der Waals surface area contributed by atoms with Crippen LogP contribution >= 0.6 is 0 Å². The number of aliphatic hydroxyl groups excluding tert-OH is 1. The topological polar surface area (TPSA) is 142 Å². The van der Waals surface area contributed by atoms with E-state index in [0.717, 1.165) is 5.56 Å². The summed E-state index contributed by atoms with van der Waals surface area (Å²) in [5, 5.41) is 21.3. The molecule has 1 aliphatic rings. The van der Waals surface area contributed by atoms with Gasteiger partial charge in [-0.2, -0.15) is 4.39 Å². The Hall–Kier alpha value is -4.62. The molecule has 220 valence electrons. The van der Waals surface area contributed by atoms with Gasteiger partial charge in [0.2, 0.25) is 11.7 Å². The summed E-state index contributed by atoms with van der Waals surface area (Å²) in [5.74, 6) is -2.32. The van der Waals surface area contributed by atoms with E-state index in [4.69, 9.17) is 4.74 Å². The number of fused-ring (bicyclic) bond motifs is 1. The lowest BCUT2D eigenvalue weighted by Crippen LogP contribution is -2.41. The Balaban J connectivity index is 1.20. The first-order chi connectivity index (χ1) is 20.3. The van der Waals surface area contributed by atoms with Crippen molar-refractivity contribution in [3.05, 3.63) is 71.7 Å². The normalized spacial score (nSPS) is 16.4. The fraction of sp³-hybridized carbons (Fsp3) is 0.310. The molecular weight excluding hydrogens is 548 g/mol. The van der Waals surface area contributed by atoms with Gasteiger partial charge >= 0.3 is 0 Å². The number of carbonyl (C=O) groups excluding carboxylic acids is 2. The van der Waals surface area contributed by atoms with Gasteiger partial charge in [-0.3, -0.25) is 14.0 Å². The highest BCUT2D eigenvalue weighted by Gasteiger charge is 2.27. The summed E-state index contributed by atoms with van der Waals surface area (Å²) in [6.45, 7) is 3.01. The Kier molecular flexibility index (Phi) is 8.59. The van der Waals surface area contributed by atoms with Crippen LogP contribution in [0.25, 0.3) is 16.9 Å². The second kappa shape index (κ2) is 12.5. The minimum atomic E-state index is -1.08. The summed E-state index contributed by atoms with van der Waals surface area (Å²) in [6, 6.07) is 7.62. The van der Waals surface area contributed by atoms with Crippen molar-refractivity contribution in [3.8, 4) is 17.0 Å². The molecule has 2 aromatic carbocycles. The fourth-order valence-electron chi connectivity index (χ4n) is 4.86. The molecule has 13 heteroatoms. The number of carbonyl (C=O) groups is 2. The number of rotatable bonds is 10. The smallest absolute Gasteiger partial charge is 0.251 e. The zero-order valence-electron chi connectivity index (χ0n) is 23.1. The number of halogens is 2. The lowest BCUT2D eigenvalue weighted by atomic mass is 10.1. The number of imidazole rings is 1. The highest BCUT2D eigenvalue weighted by molar-refractivity contribution is 5.96. The van der Waals surface area contributed by atoms with E-state index in [1.165, 1.54) is 31.6 Å². The molecule has 0 spiro atoms. The predicted octanol–water partition coefficient (Wildman–Crippen LogP) is 2.69. The number of aromatic nitrogens is 3. The zero-order chi connectivity index (χ0) is 29.8. The van der Waals surface area contributed by atoms with E-state index >= 15 is 0 Å². The Morgan fingerprint density at radius 2 is 1.95 bits per heavy atom. The lowest BCUT2D eigenvalue weighted by Gasteiger charge is -2.13. The number of methoxy groups -OCH3 is 1. The van der Waals surface area contributed by atoms with Gasteiger partial charge in [0.15, 0.2) is 23.0 Å². The molecule has 0 bridgehead atoms. The number of amides is 2. The molecule has 0 unspecified atom stereocenters. The van der Waals surface area contributed by atoms with E-state index < -0.39 is 17.7 Å². The summed E-state index contributed by atoms with van der Waals surface area (Å²) in [6.07, 6.45) is 5.00. The summed E-state index contributed by atoms with van der Waals surface area (Å²) in [4.78, 5) is 33.5. The Morgan fingerprint density at radius 3 is 2.69 bits per heavy atom. The third-order valence-electron chi connectivity index (χ3n) is 7.07. The number of ether oxygens (including phenoxy) is 1. The van der Waals surface area contributed by atoms with Crippen LogP contribution in [0.5, 0.6) is 5.75 Å². The van der Waals surface area contributed by atoms with Crippen molar-refractivity contribution >= 4 is 29.0 Å². The van der Waals surface area contributed by atoms with Crippen LogP contribution in [0.2, 0.25) is 0 Å². The van der Waals surface area contributed by atoms with E-state index in [1.807, 2.05) is 6.92 Å². The van der Waals surface area contributed by atoms with Gasteiger partial charge in [0.25, 0.3) is 5.91 Å². The molecule has 5 rings (SSSR count). The number of aryl methyl sites for hydroxylation is 1. The lowest BCUT2D eigenvalue weighted by molar-refractivity contribution is -0.122. The number of β-amino-alcohol motifs (C(OH)–C–C–N with tert-alkyl or cyclic N) is 1. The van der Waals surface area contributed by atoms with Gasteiger partial charge in [0, 0.05) is 48.8 Å². The quantitative estimate of drug-likeness (QED) is 0.181. The summed E-state index contributed by atoms with van der Waals surface area (Å²) in [7, 11) is 1.27. The van der Waals surface area contributed by atoms with Gasteiger partial charge in [-0.05, 0) is 55.7 Å². The first kappa shape index (κ1) is 28.9. The molecule has 3 heterocycles. The zero-order valence-corrected chi connectivity index (χ0v) is 23.1. The molecule has 5 N–H and O–H groups in total. The van der Waals surface area contributed by atoms with E-state index in [2.05, 4.69) is 31.2 Å². The van der Waals surface area contributed by atoms with Gasteiger partial charge in [-0.1, -0.05) is 0 Å². The SMILES string of the molecule is COc1ccc(-c2cnc3c(Nc4ccc(C(=O)NCCCNC(=O)[C@@H]5C[C@@H](O)CN5)c(C)c4)nccn23)c(F)c1F. The van der Waals surface area contributed by atoms with Crippen molar-refractivity contribution in [2.24, 2.45) is 0 Å². The van der Waals surface area contributed by atoms with Gasteiger partial charge in [0.05, 0.1) is 31.1 Å². The minimum Gasteiger partial charge on any atom is -0.494 e. The van der Waals surface area contributed by atoms with Crippen molar-refractivity contribution in [2.75, 3.05) is 32.1 Å². The number of aliphatic hydroxyl groups is 1. The number of nitrogens with zero attached hydrogens (tertiary/aromatic N) is 3. The Bertz CT molecular complexity index is 1630. The van der Waals surface area contributed by atoms with Gasteiger partial charge < -0.3 is 31.1 Å². The fourth-order valence-corrected chi connectivity index (χ4v) is 4.86. The standard InChI is InChI=1S/C29H31F2N7O4/c1-16-12-17(4-5-19(16)28(40)33-8-3-9-34-29(41)21-13-18(39)14-35-21)37-26-27-36-15-22(38(27)11-10-32-26)20-6-7-23(42-2)25(31)24(20)30/h4-7,10-12,15,18,21,35,39H,3,8-9,13-14H2,1-2H3,(H,32,37)(H,33,40)(H,34,41)/t18-,21+/m1/s1. The average molecular weight is 580 g/mol. The van der Waals surface area contributed by atoms with Crippen molar-refractivity contribution < 1.29 is 28.2 Å². The van der Waals surface area contributed by atoms with Crippen LogP contribution in [0.15, 0.2) is 48.9 Å². The van der Waals surface area contributed by atoms with E-state index in [9.17, 15) is 23.5 Å². The van der Waals surface area contributed by atoms with Gasteiger partial charge in [-0.15, -0.1) is 0 Å². The highest BCUT2D eigenvalue weighted by atomic mass is 19.2. The van der Waals surface area contributed by atoms with Crippen LogP contribution in [0.3, 0.4) is 0 Å². The second-order valence-corrected chi connectivity index (χ2v) is 9.96. The number of hydrogen-bond donors (Lipinski definition) is 5. The molecule has 11 nitrogen and oxygen atoms in total. The van der Waals surface area contributed by atoms with E-state index in [1.54, 1.807) is 28.8 Å². The molecular formula is C29H31F2N7O4. The Morgan fingerprint density at radius 1 is 1.14 bits per heavy atom. The molecule has 1 fully saturated rings.